The van der Waals surface area contributed by atoms with Gasteiger partial charge >= 0.3 is 0 Å². The lowest BCUT2D eigenvalue weighted by Gasteiger charge is -2.18. The van der Waals surface area contributed by atoms with Gasteiger partial charge in [-0.15, -0.1) is 0 Å². The largest absolute Gasteiger partial charge is 0.365 e. The van der Waals surface area contributed by atoms with E-state index in [1.165, 1.54) is 69.0 Å². The highest BCUT2D eigenvalue weighted by Gasteiger charge is 2.15. The standard InChI is InChI=1S/C15H25N/c1-13-11-12-16-15(13)14-9-7-5-3-2-4-6-8-10-14/h11-12,14,16H,2-10H2,1H3. The summed E-state index contributed by atoms with van der Waals surface area (Å²) in [4.78, 5) is 3.46. The minimum Gasteiger partial charge on any atom is -0.365 e. The summed E-state index contributed by atoms with van der Waals surface area (Å²) in [7, 11) is 0. The zero-order chi connectivity index (χ0) is 11.2. The topological polar surface area (TPSA) is 15.8 Å². The molecule has 0 bridgehead atoms. The predicted octanol–water partition coefficient (Wildman–Crippen LogP) is 4.93. The molecule has 1 aromatic heterocycles. The Morgan fingerprint density at radius 3 is 2.00 bits per heavy atom. The maximum atomic E-state index is 3.46. The van der Waals surface area contributed by atoms with Crippen molar-refractivity contribution in [1.29, 1.82) is 0 Å². The second kappa shape index (κ2) is 6.12. The van der Waals surface area contributed by atoms with Crippen LogP contribution in [0.4, 0.5) is 0 Å². The van der Waals surface area contributed by atoms with E-state index < -0.39 is 0 Å². The van der Waals surface area contributed by atoms with Crippen LogP contribution < -0.4 is 0 Å². The van der Waals surface area contributed by atoms with Crippen LogP contribution >= 0.6 is 0 Å². The van der Waals surface area contributed by atoms with Crippen molar-refractivity contribution in [2.75, 3.05) is 0 Å². The lowest BCUT2D eigenvalue weighted by molar-refractivity contribution is 0.457. The third-order valence-corrected chi connectivity index (χ3v) is 4.01. The Balaban J connectivity index is 1.97. The fourth-order valence-electron chi connectivity index (χ4n) is 3.00. The summed E-state index contributed by atoms with van der Waals surface area (Å²) in [5.41, 5.74) is 2.97. The van der Waals surface area contributed by atoms with Gasteiger partial charge in [0.2, 0.25) is 0 Å². The van der Waals surface area contributed by atoms with Crippen molar-refractivity contribution in [3.05, 3.63) is 23.5 Å². The van der Waals surface area contributed by atoms with Crippen molar-refractivity contribution in [2.24, 2.45) is 0 Å². The van der Waals surface area contributed by atoms with E-state index in [0.29, 0.717) is 0 Å². The molecular formula is C15H25N. The molecule has 0 spiro atoms. The number of rotatable bonds is 1. The first-order chi connectivity index (χ1) is 7.88. The molecule has 1 aliphatic carbocycles. The van der Waals surface area contributed by atoms with Crippen LogP contribution in [0.2, 0.25) is 0 Å². The van der Waals surface area contributed by atoms with Crippen LogP contribution in [0.1, 0.15) is 75.0 Å². The van der Waals surface area contributed by atoms with E-state index in [0.717, 1.165) is 5.92 Å². The Hall–Kier alpha value is -0.720. The highest BCUT2D eigenvalue weighted by molar-refractivity contribution is 5.22. The highest BCUT2D eigenvalue weighted by Crippen LogP contribution is 2.30. The van der Waals surface area contributed by atoms with Crippen LogP contribution in [0.3, 0.4) is 0 Å². The second-order valence-corrected chi connectivity index (χ2v) is 5.32. The van der Waals surface area contributed by atoms with E-state index in [4.69, 9.17) is 0 Å². The van der Waals surface area contributed by atoms with E-state index in [1.54, 1.807) is 0 Å². The maximum Gasteiger partial charge on any atom is 0.0208 e. The van der Waals surface area contributed by atoms with E-state index in [9.17, 15) is 0 Å². The van der Waals surface area contributed by atoms with E-state index in [1.807, 2.05) is 0 Å². The number of H-pyrrole nitrogens is 1. The molecule has 1 nitrogen and oxygen atoms in total. The average Bonchev–Trinajstić information content (AvgIpc) is 2.72. The molecule has 1 heteroatoms. The molecule has 16 heavy (non-hydrogen) atoms. The first kappa shape index (κ1) is 11.8. The molecule has 0 aromatic carbocycles. The third-order valence-electron chi connectivity index (χ3n) is 4.01. The molecule has 1 fully saturated rings. The number of aryl methyl sites for hydroxylation is 1. The van der Waals surface area contributed by atoms with Crippen LogP contribution in [0.25, 0.3) is 0 Å². The minimum absolute atomic E-state index is 0.799. The van der Waals surface area contributed by atoms with Crippen LogP contribution in [0.15, 0.2) is 12.3 Å². The summed E-state index contributed by atoms with van der Waals surface area (Å²) >= 11 is 0. The van der Waals surface area contributed by atoms with Gasteiger partial charge in [-0.25, -0.2) is 0 Å². The number of hydrogen-bond donors (Lipinski definition) is 1. The van der Waals surface area contributed by atoms with Gasteiger partial charge in [-0.3, -0.25) is 0 Å². The Bertz CT molecular complexity index is 290. The lowest BCUT2D eigenvalue weighted by Crippen LogP contribution is -2.03. The summed E-state index contributed by atoms with van der Waals surface area (Å²) in [6, 6.07) is 2.22. The maximum absolute atomic E-state index is 3.46. The first-order valence-electron chi connectivity index (χ1n) is 7.02. The fraction of sp³-hybridized carbons (Fsp3) is 0.733. The van der Waals surface area contributed by atoms with Gasteiger partial charge in [0.25, 0.3) is 0 Å². The van der Waals surface area contributed by atoms with Crippen molar-refractivity contribution in [1.82, 2.24) is 4.98 Å². The normalized spacial score (nSPS) is 20.8. The Labute approximate surface area is 99.6 Å². The van der Waals surface area contributed by atoms with Gasteiger partial charge in [0.1, 0.15) is 0 Å². The van der Waals surface area contributed by atoms with Gasteiger partial charge in [-0.1, -0.05) is 44.9 Å². The number of hydrogen-bond acceptors (Lipinski definition) is 0. The summed E-state index contributed by atoms with van der Waals surface area (Å²) in [5, 5.41) is 0. The summed E-state index contributed by atoms with van der Waals surface area (Å²) in [6.07, 6.45) is 15.0. The van der Waals surface area contributed by atoms with Crippen molar-refractivity contribution in [3.8, 4) is 0 Å². The summed E-state index contributed by atoms with van der Waals surface area (Å²) in [5.74, 6) is 0.799. The van der Waals surface area contributed by atoms with Gasteiger partial charge in [-0.05, 0) is 37.3 Å². The van der Waals surface area contributed by atoms with Gasteiger partial charge in [-0.2, -0.15) is 0 Å². The zero-order valence-corrected chi connectivity index (χ0v) is 10.6. The Morgan fingerprint density at radius 2 is 1.50 bits per heavy atom. The monoisotopic (exact) mass is 219 g/mol. The quantitative estimate of drug-likeness (QED) is 0.689. The number of aromatic nitrogens is 1. The van der Waals surface area contributed by atoms with Gasteiger partial charge in [0, 0.05) is 11.9 Å². The van der Waals surface area contributed by atoms with Gasteiger partial charge in [0.15, 0.2) is 0 Å². The Kier molecular flexibility index (Phi) is 4.50. The van der Waals surface area contributed by atoms with Gasteiger partial charge < -0.3 is 4.98 Å². The molecule has 1 N–H and O–H groups in total. The lowest BCUT2D eigenvalue weighted by atomic mass is 9.89. The molecule has 1 saturated carbocycles. The number of aromatic amines is 1. The van der Waals surface area contributed by atoms with E-state index >= 15 is 0 Å². The molecule has 0 amide bonds. The van der Waals surface area contributed by atoms with Crippen LogP contribution in [0.5, 0.6) is 0 Å². The molecule has 1 heterocycles. The second-order valence-electron chi connectivity index (χ2n) is 5.32. The van der Waals surface area contributed by atoms with Crippen molar-refractivity contribution in [2.45, 2.75) is 70.6 Å². The molecule has 0 aliphatic heterocycles. The molecule has 1 aromatic rings. The molecule has 2 rings (SSSR count). The minimum atomic E-state index is 0.799. The van der Waals surface area contributed by atoms with E-state index in [2.05, 4.69) is 24.2 Å². The van der Waals surface area contributed by atoms with E-state index in [-0.39, 0.29) is 0 Å². The molecule has 1 aliphatic rings. The smallest absolute Gasteiger partial charge is 0.0208 e. The SMILES string of the molecule is Cc1cc[nH]c1C1CCCCCCCCC1. The molecule has 0 radical (unpaired) electrons. The fourth-order valence-corrected chi connectivity index (χ4v) is 3.00. The van der Waals surface area contributed by atoms with Crippen molar-refractivity contribution >= 4 is 0 Å². The summed E-state index contributed by atoms with van der Waals surface area (Å²) in [6.45, 7) is 2.24. The molecule has 0 unspecified atom stereocenters. The Morgan fingerprint density at radius 1 is 0.938 bits per heavy atom. The molecular weight excluding hydrogens is 194 g/mol. The van der Waals surface area contributed by atoms with Crippen molar-refractivity contribution in [3.63, 3.8) is 0 Å². The number of nitrogens with one attached hydrogen (secondary N) is 1. The predicted molar refractivity (Wildman–Crippen MR) is 69.8 cm³/mol. The molecule has 0 atom stereocenters. The molecule has 90 valence electrons. The molecule has 0 saturated heterocycles. The first-order valence-corrected chi connectivity index (χ1v) is 7.02. The van der Waals surface area contributed by atoms with Crippen LogP contribution in [-0.4, -0.2) is 4.98 Å². The zero-order valence-electron chi connectivity index (χ0n) is 10.6. The average molecular weight is 219 g/mol. The van der Waals surface area contributed by atoms with Crippen LogP contribution in [0, 0.1) is 6.92 Å². The van der Waals surface area contributed by atoms with Crippen LogP contribution in [-0.2, 0) is 0 Å². The summed E-state index contributed by atoms with van der Waals surface area (Å²) < 4.78 is 0. The van der Waals surface area contributed by atoms with Gasteiger partial charge in [0.05, 0.1) is 0 Å². The third kappa shape index (κ3) is 3.13. The highest BCUT2D eigenvalue weighted by atomic mass is 14.7. The van der Waals surface area contributed by atoms with Crippen molar-refractivity contribution < 1.29 is 0 Å².